The SMILES string of the molecule is C=CCN(Cc1ccc(Cl)s1)C(=O)CNC(=O)CC12CC3CC(CC(C3)C1)C2. The van der Waals surface area contributed by atoms with E-state index in [4.69, 9.17) is 11.6 Å². The minimum absolute atomic E-state index is 0.0352. The number of nitrogens with one attached hydrogen (secondary N) is 1. The lowest BCUT2D eigenvalue weighted by atomic mass is 9.49. The minimum Gasteiger partial charge on any atom is -0.347 e. The molecule has 4 saturated carbocycles. The zero-order valence-electron chi connectivity index (χ0n) is 16.3. The molecule has 152 valence electrons. The number of carbonyl (C=O) groups is 2. The van der Waals surface area contributed by atoms with Gasteiger partial charge in [0.05, 0.1) is 17.4 Å². The predicted octanol–water partition coefficient (Wildman–Crippen LogP) is 4.64. The average molecular weight is 421 g/mol. The number of amides is 2. The molecular formula is C22H29ClN2O2S. The van der Waals surface area contributed by atoms with Gasteiger partial charge in [-0.15, -0.1) is 17.9 Å². The fourth-order valence-corrected chi connectivity index (χ4v) is 7.33. The van der Waals surface area contributed by atoms with Crippen LogP contribution in [-0.4, -0.2) is 29.8 Å². The lowest BCUT2D eigenvalue weighted by molar-refractivity contribution is -0.135. The van der Waals surface area contributed by atoms with Gasteiger partial charge in [0, 0.05) is 17.8 Å². The number of halogens is 1. The number of hydrogen-bond acceptors (Lipinski definition) is 3. The van der Waals surface area contributed by atoms with Crippen molar-refractivity contribution < 1.29 is 9.59 Å². The molecule has 4 bridgehead atoms. The van der Waals surface area contributed by atoms with E-state index in [1.54, 1.807) is 11.0 Å². The van der Waals surface area contributed by atoms with Crippen molar-refractivity contribution in [1.82, 2.24) is 10.2 Å². The zero-order valence-corrected chi connectivity index (χ0v) is 17.9. The second kappa shape index (κ2) is 8.19. The van der Waals surface area contributed by atoms with E-state index in [0.717, 1.165) is 22.6 Å². The molecule has 4 fully saturated rings. The Morgan fingerprint density at radius 1 is 1.21 bits per heavy atom. The van der Waals surface area contributed by atoms with E-state index in [9.17, 15) is 9.59 Å². The number of hydrogen-bond donors (Lipinski definition) is 1. The van der Waals surface area contributed by atoms with Crippen molar-refractivity contribution in [2.24, 2.45) is 23.2 Å². The molecule has 4 nitrogen and oxygen atoms in total. The molecule has 1 N–H and O–H groups in total. The summed E-state index contributed by atoms with van der Waals surface area (Å²) in [6.45, 7) is 4.75. The second-order valence-corrected chi connectivity index (χ2v) is 10.9. The summed E-state index contributed by atoms with van der Waals surface area (Å²) in [5.74, 6) is 2.46. The van der Waals surface area contributed by atoms with Crippen LogP contribution in [0, 0.1) is 23.2 Å². The first-order valence-electron chi connectivity index (χ1n) is 10.3. The van der Waals surface area contributed by atoms with Gasteiger partial charge < -0.3 is 10.2 Å². The van der Waals surface area contributed by atoms with Crippen molar-refractivity contribution in [3.8, 4) is 0 Å². The highest BCUT2D eigenvalue weighted by atomic mass is 35.5. The molecule has 0 aliphatic heterocycles. The molecule has 0 radical (unpaired) electrons. The highest BCUT2D eigenvalue weighted by molar-refractivity contribution is 7.16. The summed E-state index contributed by atoms with van der Waals surface area (Å²) in [7, 11) is 0. The first-order chi connectivity index (χ1) is 13.4. The van der Waals surface area contributed by atoms with Crippen molar-refractivity contribution in [3.05, 3.63) is 34.0 Å². The third kappa shape index (κ3) is 4.46. The Morgan fingerprint density at radius 3 is 2.39 bits per heavy atom. The summed E-state index contributed by atoms with van der Waals surface area (Å²) < 4.78 is 0.713. The lowest BCUT2D eigenvalue weighted by Crippen LogP contribution is -2.48. The maximum Gasteiger partial charge on any atom is 0.242 e. The van der Waals surface area contributed by atoms with Gasteiger partial charge in [-0.25, -0.2) is 0 Å². The molecule has 1 aromatic rings. The molecule has 0 spiro atoms. The Bertz CT molecular complexity index is 724. The van der Waals surface area contributed by atoms with Crippen LogP contribution in [0.4, 0.5) is 0 Å². The van der Waals surface area contributed by atoms with E-state index in [-0.39, 0.29) is 23.8 Å². The molecule has 0 unspecified atom stereocenters. The number of nitrogens with zero attached hydrogens (tertiary/aromatic N) is 1. The van der Waals surface area contributed by atoms with Gasteiger partial charge in [0.2, 0.25) is 11.8 Å². The normalized spacial score (nSPS) is 30.2. The van der Waals surface area contributed by atoms with E-state index in [0.29, 0.717) is 23.8 Å². The summed E-state index contributed by atoms with van der Waals surface area (Å²) in [5, 5.41) is 2.90. The van der Waals surface area contributed by atoms with Gasteiger partial charge in [0.1, 0.15) is 0 Å². The first-order valence-corrected chi connectivity index (χ1v) is 11.5. The Morgan fingerprint density at radius 2 is 1.86 bits per heavy atom. The third-order valence-electron chi connectivity index (χ3n) is 6.82. The molecule has 4 aliphatic carbocycles. The third-order valence-corrected chi connectivity index (χ3v) is 8.03. The fraction of sp³-hybridized carbons (Fsp3) is 0.636. The number of rotatable bonds is 8. The van der Waals surface area contributed by atoms with Gasteiger partial charge in [-0.3, -0.25) is 9.59 Å². The van der Waals surface area contributed by atoms with Crippen LogP contribution in [0.15, 0.2) is 24.8 Å². The maximum absolute atomic E-state index is 12.7. The second-order valence-electron chi connectivity index (χ2n) is 9.14. The van der Waals surface area contributed by atoms with Gasteiger partial charge >= 0.3 is 0 Å². The van der Waals surface area contributed by atoms with E-state index < -0.39 is 0 Å². The average Bonchev–Trinajstić information content (AvgIpc) is 3.02. The van der Waals surface area contributed by atoms with E-state index in [1.807, 2.05) is 12.1 Å². The van der Waals surface area contributed by atoms with E-state index in [2.05, 4.69) is 11.9 Å². The van der Waals surface area contributed by atoms with Crippen LogP contribution in [0.2, 0.25) is 4.34 Å². The summed E-state index contributed by atoms with van der Waals surface area (Å²) in [6.07, 6.45) is 10.1. The number of thiophene rings is 1. The molecular weight excluding hydrogens is 392 g/mol. The van der Waals surface area contributed by atoms with Crippen LogP contribution in [0.1, 0.15) is 49.8 Å². The van der Waals surface area contributed by atoms with E-state index >= 15 is 0 Å². The number of carbonyl (C=O) groups excluding carboxylic acids is 2. The molecule has 0 atom stereocenters. The monoisotopic (exact) mass is 420 g/mol. The molecule has 0 aromatic carbocycles. The molecule has 6 heteroatoms. The van der Waals surface area contributed by atoms with Gasteiger partial charge in [-0.05, 0) is 73.8 Å². The topological polar surface area (TPSA) is 49.4 Å². The summed E-state index contributed by atoms with van der Waals surface area (Å²) in [6, 6.07) is 3.77. The Hall–Kier alpha value is -1.33. The van der Waals surface area contributed by atoms with Gasteiger partial charge in [0.25, 0.3) is 0 Å². The van der Waals surface area contributed by atoms with Crippen molar-refractivity contribution >= 4 is 34.8 Å². The Kier molecular flexibility index (Phi) is 5.84. The first kappa shape index (κ1) is 20.0. The van der Waals surface area contributed by atoms with Crippen LogP contribution in [-0.2, 0) is 16.1 Å². The van der Waals surface area contributed by atoms with Crippen molar-refractivity contribution in [2.75, 3.05) is 13.1 Å². The molecule has 1 heterocycles. The smallest absolute Gasteiger partial charge is 0.242 e. The van der Waals surface area contributed by atoms with Crippen LogP contribution in [0.3, 0.4) is 0 Å². The van der Waals surface area contributed by atoms with Crippen molar-refractivity contribution in [1.29, 1.82) is 0 Å². The van der Waals surface area contributed by atoms with Gasteiger partial charge in [-0.1, -0.05) is 17.7 Å². The largest absolute Gasteiger partial charge is 0.347 e. The lowest BCUT2D eigenvalue weighted by Gasteiger charge is -2.56. The van der Waals surface area contributed by atoms with Crippen molar-refractivity contribution in [3.63, 3.8) is 0 Å². The molecule has 0 saturated heterocycles. The molecule has 2 amide bonds. The predicted molar refractivity (Wildman–Crippen MR) is 113 cm³/mol. The minimum atomic E-state index is -0.0803. The quantitative estimate of drug-likeness (QED) is 0.623. The van der Waals surface area contributed by atoms with Crippen molar-refractivity contribution in [2.45, 2.75) is 51.5 Å². The van der Waals surface area contributed by atoms with Gasteiger partial charge in [-0.2, -0.15) is 0 Å². The Balaban J connectivity index is 1.29. The van der Waals surface area contributed by atoms with Crippen LogP contribution >= 0.6 is 22.9 Å². The summed E-state index contributed by atoms with van der Waals surface area (Å²) in [4.78, 5) is 28.0. The van der Waals surface area contributed by atoms with Crippen LogP contribution in [0.5, 0.6) is 0 Å². The highest BCUT2D eigenvalue weighted by Gasteiger charge is 2.51. The molecule has 5 rings (SSSR count). The highest BCUT2D eigenvalue weighted by Crippen LogP contribution is 2.61. The fourth-order valence-electron chi connectivity index (χ4n) is 6.23. The van der Waals surface area contributed by atoms with Gasteiger partial charge in [0.15, 0.2) is 0 Å². The summed E-state index contributed by atoms with van der Waals surface area (Å²) in [5.41, 5.74) is 0.205. The maximum atomic E-state index is 12.7. The Labute approximate surface area is 176 Å². The molecule has 1 aromatic heterocycles. The zero-order chi connectivity index (χ0) is 19.7. The van der Waals surface area contributed by atoms with E-state index in [1.165, 1.54) is 49.9 Å². The molecule has 4 aliphatic rings. The molecule has 28 heavy (non-hydrogen) atoms. The van der Waals surface area contributed by atoms with Crippen LogP contribution < -0.4 is 5.32 Å². The standard InChI is InChI=1S/C22H29ClN2O2S/c1-2-5-25(14-18-3-4-19(23)28-18)21(27)13-24-20(26)12-22-9-15-6-16(10-22)8-17(7-15)11-22/h2-4,15-17H,1,5-14H2,(H,24,26). The van der Waals surface area contributed by atoms with Crippen LogP contribution in [0.25, 0.3) is 0 Å². The summed E-state index contributed by atoms with van der Waals surface area (Å²) >= 11 is 7.46.